The van der Waals surface area contributed by atoms with E-state index in [1.165, 1.54) is 0 Å². The van der Waals surface area contributed by atoms with Crippen molar-refractivity contribution in [2.24, 2.45) is 0 Å². The molecule has 0 saturated carbocycles. The number of rotatable bonds is 10. The maximum absolute atomic E-state index is 10.1. The van der Waals surface area contributed by atoms with Gasteiger partial charge in [-0.3, -0.25) is 0 Å². The van der Waals surface area contributed by atoms with E-state index < -0.39 is 6.29 Å². The van der Waals surface area contributed by atoms with E-state index in [0.717, 1.165) is 30.6 Å². The van der Waals surface area contributed by atoms with Gasteiger partial charge in [0.1, 0.15) is 25.4 Å². The molecule has 32 heavy (non-hydrogen) atoms. The summed E-state index contributed by atoms with van der Waals surface area (Å²) in [6.07, 6.45) is 5.94. The van der Waals surface area contributed by atoms with Gasteiger partial charge in [-0.1, -0.05) is 24.3 Å². The minimum atomic E-state index is -0.776. The number of aliphatic hydroxyl groups is 1. The van der Waals surface area contributed by atoms with Crippen molar-refractivity contribution in [2.75, 3.05) is 41.5 Å². The molecule has 0 saturated heterocycles. The van der Waals surface area contributed by atoms with Crippen LogP contribution in [0.2, 0.25) is 0 Å². The van der Waals surface area contributed by atoms with Gasteiger partial charge in [-0.05, 0) is 49.8 Å². The molecule has 1 aromatic carbocycles. The third-order valence-electron chi connectivity index (χ3n) is 5.17. The van der Waals surface area contributed by atoms with E-state index in [9.17, 15) is 5.11 Å². The Hall–Kier alpha value is -1.52. The smallest absolute Gasteiger partial charge is 0.154 e. The van der Waals surface area contributed by atoms with Crippen LogP contribution in [-0.4, -0.2) is 71.2 Å². The summed E-state index contributed by atoms with van der Waals surface area (Å²) < 4.78 is 39.0. The fraction of sp³-hybridized carbons (Fsp3) is 0.667. The number of methoxy groups -OCH3 is 3. The molecule has 0 spiro atoms. The van der Waals surface area contributed by atoms with Crippen molar-refractivity contribution in [1.82, 2.24) is 0 Å². The third-order valence-corrected chi connectivity index (χ3v) is 5.17. The van der Waals surface area contributed by atoms with Crippen molar-refractivity contribution in [3.8, 4) is 5.75 Å². The molecule has 0 fully saturated rings. The van der Waals surface area contributed by atoms with Crippen molar-refractivity contribution in [1.29, 1.82) is 0 Å². The summed E-state index contributed by atoms with van der Waals surface area (Å²) in [4.78, 5) is 0. The number of benzene rings is 1. The lowest BCUT2D eigenvalue weighted by Gasteiger charge is -2.26. The molecule has 0 aromatic heterocycles. The maximum Gasteiger partial charge on any atom is 0.154 e. The van der Waals surface area contributed by atoms with Gasteiger partial charge in [-0.25, -0.2) is 0 Å². The van der Waals surface area contributed by atoms with Crippen LogP contribution in [0.15, 0.2) is 36.4 Å². The molecule has 1 unspecified atom stereocenters. The maximum atomic E-state index is 10.1. The molecule has 0 aliphatic carbocycles. The van der Waals surface area contributed by atoms with Crippen LogP contribution in [0.1, 0.15) is 37.7 Å². The fourth-order valence-electron chi connectivity index (χ4n) is 3.41. The van der Waals surface area contributed by atoms with E-state index in [1.807, 2.05) is 36.4 Å². The molecule has 1 aromatic rings. The summed E-state index contributed by atoms with van der Waals surface area (Å²) >= 11 is 0. The molecule has 1 heterocycles. The molecule has 0 radical (unpaired) electrons. The van der Waals surface area contributed by atoms with Crippen molar-refractivity contribution < 1.29 is 38.3 Å². The number of aliphatic hydroxyl groups excluding tert-OH is 1. The van der Waals surface area contributed by atoms with Crippen molar-refractivity contribution in [3.63, 3.8) is 0 Å². The van der Waals surface area contributed by atoms with Crippen LogP contribution in [0.4, 0.5) is 0 Å². The van der Waals surface area contributed by atoms with Crippen LogP contribution < -0.4 is 4.74 Å². The van der Waals surface area contributed by atoms with Crippen LogP contribution >= 0.6 is 0 Å². The minimum absolute atomic E-state index is 0.149. The summed E-state index contributed by atoms with van der Waals surface area (Å²) in [5.74, 6) is 0.804. The average Bonchev–Trinajstić information content (AvgIpc) is 2.83. The summed E-state index contributed by atoms with van der Waals surface area (Å²) in [5.41, 5.74) is 1.04. The van der Waals surface area contributed by atoms with E-state index in [2.05, 4.69) is 0 Å². The first-order chi connectivity index (χ1) is 15.7. The van der Waals surface area contributed by atoms with E-state index in [0.29, 0.717) is 26.1 Å². The van der Waals surface area contributed by atoms with Crippen LogP contribution in [0, 0.1) is 0 Å². The van der Waals surface area contributed by atoms with Crippen molar-refractivity contribution in [3.05, 3.63) is 42.0 Å². The molecule has 4 atom stereocenters. The Morgan fingerprint density at radius 1 is 0.875 bits per heavy atom. The topological polar surface area (TPSA) is 84.8 Å². The summed E-state index contributed by atoms with van der Waals surface area (Å²) in [6, 6.07) is 7.78. The van der Waals surface area contributed by atoms with E-state index in [4.69, 9.17) is 33.2 Å². The largest absolute Gasteiger partial charge is 0.497 e. The number of hydrogen-bond donors (Lipinski definition) is 1. The van der Waals surface area contributed by atoms with E-state index in [-0.39, 0.29) is 31.9 Å². The highest BCUT2D eigenvalue weighted by molar-refractivity contribution is 5.26. The lowest BCUT2D eigenvalue weighted by atomic mass is 10.1. The second-order valence-corrected chi connectivity index (χ2v) is 7.63. The number of ether oxygens (including phenoxy) is 7. The predicted octanol–water partition coefficient (Wildman–Crippen LogP) is 3.41. The summed E-state index contributed by atoms with van der Waals surface area (Å²) in [6.45, 7) is 1.22. The first kappa shape index (κ1) is 26.7. The van der Waals surface area contributed by atoms with Crippen molar-refractivity contribution in [2.45, 2.75) is 63.3 Å². The van der Waals surface area contributed by atoms with Crippen LogP contribution in [-0.2, 0) is 35.0 Å². The Morgan fingerprint density at radius 3 is 2.34 bits per heavy atom. The minimum Gasteiger partial charge on any atom is -0.497 e. The van der Waals surface area contributed by atoms with Gasteiger partial charge in [0.2, 0.25) is 0 Å². The second kappa shape index (κ2) is 16.1. The highest BCUT2D eigenvalue weighted by Crippen LogP contribution is 2.20. The van der Waals surface area contributed by atoms with Crippen LogP contribution in [0.3, 0.4) is 0 Å². The van der Waals surface area contributed by atoms with Gasteiger partial charge in [-0.2, -0.15) is 0 Å². The monoisotopic (exact) mass is 454 g/mol. The van der Waals surface area contributed by atoms with Gasteiger partial charge >= 0.3 is 0 Å². The zero-order valence-corrected chi connectivity index (χ0v) is 19.4. The van der Waals surface area contributed by atoms with Gasteiger partial charge in [0, 0.05) is 20.8 Å². The Balaban J connectivity index is 2.13. The molecule has 1 aliphatic heterocycles. The zero-order valence-electron chi connectivity index (χ0n) is 19.4. The molecule has 0 bridgehead atoms. The molecule has 8 heteroatoms. The highest BCUT2D eigenvalue weighted by Gasteiger charge is 2.22. The normalized spacial score (nSPS) is 26.5. The SMILES string of the molecule is COCO[C@@H]1/C=C/[C@H](OCOC)[C@@H](OCc2ccc(OC)cc2)CCCOC(O)CCC1. The summed E-state index contributed by atoms with van der Waals surface area (Å²) in [7, 11) is 4.83. The highest BCUT2D eigenvalue weighted by atomic mass is 16.7. The first-order valence-corrected chi connectivity index (χ1v) is 11.1. The molecule has 1 N–H and O–H groups in total. The molecule has 1 aliphatic rings. The lowest BCUT2D eigenvalue weighted by molar-refractivity contribution is -0.124. The zero-order chi connectivity index (χ0) is 23.0. The van der Waals surface area contributed by atoms with Gasteiger partial charge in [0.25, 0.3) is 0 Å². The van der Waals surface area contributed by atoms with Gasteiger partial charge in [0.05, 0.1) is 25.9 Å². The summed E-state index contributed by atoms with van der Waals surface area (Å²) in [5, 5.41) is 10.1. The average molecular weight is 455 g/mol. The van der Waals surface area contributed by atoms with E-state index in [1.54, 1.807) is 21.3 Å². The molecule has 2 rings (SSSR count). The quantitative estimate of drug-likeness (QED) is 0.425. The standard InChI is InChI=1S/C24H38O8/c1-26-17-31-21-6-4-8-24(25)29-15-5-7-22(23(14-13-21)32-18-27-2)30-16-19-9-11-20(28-3)12-10-19/h9-14,21-25H,4-8,15-18H2,1-3H3/b14-13+/t21-,22-,23-,24?/m0/s1. The molecule has 8 nitrogen and oxygen atoms in total. The van der Waals surface area contributed by atoms with E-state index >= 15 is 0 Å². The Labute approximate surface area is 191 Å². The second-order valence-electron chi connectivity index (χ2n) is 7.63. The predicted molar refractivity (Wildman–Crippen MR) is 119 cm³/mol. The lowest BCUT2D eigenvalue weighted by Crippen LogP contribution is -2.31. The molecular weight excluding hydrogens is 416 g/mol. The number of hydrogen-bond acceptors (Lipinski definition) is 8. The van der Waals surface area contributed by atoms with Gasteiger partial charge in [0.15, 0.2) is 6.29 Å². The van der Waals surface area contributed by atoms with Crippen LogP contribution in [0.25, 0.3) is 0 Å². The van der Waals surface area contributed by atoms with Gasteiger partial charge < -0.3 is 38.3 Å². The molecule has 0 amide bonds. The fourth-order valence-corrected chi connectivity index (χ4v) is 3.41. The van der Waals surface area contributed by atoms with Crippen molar-refractivity contribution >= 4 is 0 Å². The van der Waals surface area contributed by atoms with Gasteiger partial charge in [-0.15, -0.1) is 0 Å². The molecule has 182 valence electrons. The molecular formula is C24H38O8. The Bertz CT molecular complexity index is 621. The third kappa shape index (κ3) is 10.4. The Kier molecular flexibility index (Phi) is 13.5. The Morgan fingerprint density at radius 2 is 1.62 bits per heavy atom. The first-order valence-electron chi connectivity index (χ1n) is 11.1. The van der Waals surface area contributed by atoms with Crippen LogP contribution in [0.5, 0.6) is 5.75 Å².